The van der Waals surface area contributed by atoms with E-state index >= 15 is 0 Å². The number of rotatable bonds is 6. The molecule has 0 aliphatic heterocycles. The van der Waals surface area contributed by atoms with E-state index in [9.17, 15) is 21.6 Å². The summed E-state index contributed by atoms with van der Waals surface area (Å²) in [6, 6.07) is 6.23. The van der Waals surface area contributed by atoms with Crippen molar-refractivity contribution in [1.29, 1.82) is 0 Å². The second-order valence-electron chi connectivity index (χ2n) is 5.33. The number of hydrogen-bond acceptors (Lipinski definition) is 5. The highest BCUT2D eigenvalue weighted by Gasteiger charge is 2.38. The predicted octanol–water partition coefficient (Wildman–Crippen LogP) is 2.38. The van der Waals surface area contributed by atoms with Crippen LogP contribution in [0, 0.1) is 0 Å². The van der Waals surface area contributed by atoms with E-state index in [0.717, 1.165) is 4.31 Å². The van der Waals surface area contributed by atoms with Gasteiger partial charge >= 0.3 is 12.1 Å². The first kappa shape index (κ1) is 19.3. The summed E-state index contributed by atoms with van der Waals surface area (Å²) < 4.78 is 68.3. The summed E-state index contributed by atoms with van der Waals surface area (Å²) in [7, 11) is -0.680. The van der Waals surface area contributed by atoms with Gasteiger partial charge in [-0.3, -0.25) is 0 Å². The lowest BCUT2D eigenvalue weighted by atomic mass is 10.1. The molecule has 0 saturated carbocycles. The monoisotopic (exact) mass is 378 g/mol. The highest BCUT2D eigenvalue weighted by molar-refractivity contribution is 7.86. The van der Waals surface area contributed by atoms with E-state index in [1.807, 2.05) is 0 Å². The second-order valence-corrected chi connectivity index (χ2v) is 7.48. The first-order valence-electron chi connectivity index (χ1n) is 7.23. The zero-order valence-electron chi connectivity index (χ0n) is 13.8. The van der Waals surface area contributed by atoms with Gasteiger partial charge in [0.05, 0.1) is 0 Å². The zero-order valence-corrected chi connectivity index (χ0v) is 14.6. The molecule has 0 N–H and O–H groups in total. The molecule has 0 bridgehead atoms. The van der Waals surface area contributed by atoms with Crippen molar-refractivity contribution in [3.8, 4) is 11.4 Å². The van der Waals surface area contributed by atoms with Crippen molar-refractivity contribution in [3.63, 3.8) is 0 Å². The van der Waals surface area contributed by atoms with Gasteiger partial charge in [0.2, 0.25) is 5.82 Å². The third-order valence-electron chi connectivity index (χ3n) is 3.38. The Bertz CT molecular complexity index is 817. The molecular formula is C14H17F3N4O3S. The molecule has 1 heterocycles. The van der Waals surface area contributed by atoms with Crippen LogP contribution in [0.2, 0.25) is 0 Å². The van der Waals surface area contributed by atoms with Crippen molar-refractivity contribution in [1.82, 2.24) is 18.8 Å². The molecule has 0 spiro atoms. The van der Waals surface area contributed by atoms with Crippen LogP contribution in [0.3, 0.4) is 0 Å². The highest BCUT2D eigenvalue weighted by atomic mass is 32.2. The summed E-state index contributed by atoms with van der Waals surface area (Å²) in [6.07, 6.45) is -4.70. The van der Waals surface area contributed by atoms with Crippen LogP contribution in [0.5, 0.6) is 0 Å². The van der Waals surface area contributed by atoms with Crippen LogP contribution in [-0.2, 0) is 22.9 Å². The van der Waals surface area contributed by atoms with Crippen molar-refractivity contribution >= 4 is 10.2 Å². The van der Waals surface area contributed by atoms with Crippen molar-refractivity contribution in [2.75, 3.05) is 20.6 Å². The number of benzene rings is 1. The molecule has 25 heavy (non-hydrogen) atoms. The Morgan fingerprint density at radius 2 is 1.76 bits per heavy atom. The molecule has 0 fully saturated rings. The van der Waals surface area contributed by atoms with Gasteiger partial charge < -0.3 is 4.52 Å². The summed E-state index contributed by atoms with van der Waals surface area (Å²) in [5.74, 6) is -1.60. The Labute approximate surface area is 143 Å². The molecule has 0 amide bonds. The van der Waals surface area contributed by atoms with E-state index in [1.54, 1.807) is 19.1 Å². The molecule has 1 aromatic carbocycles. The van der Waals surface area contributed by atoms with Gasteiger partial charge in [0.15, 0.2) is 0 Å². The molecule has 7 nitrogen and oxygen atoms in total. The average Bonchev–Trinajstić information content (AvgIpc) is 3.03. The Morgan fingerprint density at radius 3 is 2.20 bits per heavy atom. The first-order chi connectivity index (χ1) is 11.6. The number of nitrogens with zero attached hydrogens (tertiary/aromatic N) is 4. The van der Waals surface area contributed by atoms with Crippen LogP contribution < -0.4 is 0 Å². The van der Waals surface area contributed by atoms with E-state index in [-0.39, 0.29) is 18.9 Å². The van der Waals surface area contributed by atoms with E-state index in [0.29, 0.717) is 11.1 Å². The number of hydrogen-bond donors (Lipinski definition) is 0. The van der Waals surface area contributed by atoms with Crippen LogP contribution in [0.15, 0.2) is 28.8 Å². The summed E-state index contributed by atoms with van der Waals surface area (Å²) in [6.45, 7) is 2.13. The molecule has 11 heteroatoms. The summed E-state index contributed by atoms with van der Waals surface area (Å²) in [5.41, 5.74) is 1.01. The summed E-state index contributed by atoms with van der Waals surface area (Å²) >= 11 is 0. The third kappa shape index (κ3) is 4.35. The Morgan fingerprint density at radius 1 is 1.16 bits per heavy atom. The van der Waals surface area contributed by atoms with E-state index in [4.69, 9.17) is 0 Å². The smallest absolute Gasteiger partial charge is 0.329 e. The minimum atomic E-state index is -4.70. The minimum absolute atomic E-state index is 0.136. The topological polar surface area (TPSA) is 79.5 Å². The van der Waals surface area contributed by atoms with Gasteiger partial charge in [0, 0.05) is 32.7 Å². The molecule has 0 aliphatic carbocycles. The minimum Gasteiger partial charge on any atom is -0.329 e. The third-order valence-corrected chi connectivity index (χ3v) is 5.34. The molecule has 0 aliphatic rings. The Hall–Kier alpha value is -1.98. The van der Waals surface area contributed by atoms with Gasteiger partial charge in [0.1, 0.15) is 0 Å². The quantitative estimate of drug-likeness (QED) is 0.771. The fourth-order valence-electron chi connectivity index (χ4n) is 2.01. The number of alkyl halides is 3. The Balaban J connectivity index is 2.18. The Kier molecular flexibility index (Phi) is 5.49. The fourth-order valence-corrected chi connectivity index (χ4v) is 3.11. The maximum atomic E-state index is 12.5. The van der Waals surface area contributed by atoms with Crippen LogP contribution in [0.25, 0.3) is 11.4 Å². The van der Waals surface area contributed by atoms with Crippen molar-refractivity contribution < 1.29 is 26.1 Å². The van der Waals surface area contributed by atoms with E-state index < -0.39 is 22.3 Å². The van der Waals surface area contributed by atoms with E-state index in [1.165, 1.54) is 30.5 Å². The number of aromatic nitrogens is 2. The van der Waals surface area contributed by atoms with Crippen molar-refractivity contribution in [3.05, 3.63) is 35.7 Å². The molecule has 2 rings (SSSR count). The van der Waals surface area contributed by atoms with Gasteiger partial charge in [-0.15, -0.1) is 0 Å². The summed E-state index contributed by atoms with van der Waals surface area (Å²) in [5, 5.41) is 3.30. The van der Waals surface area contributed by atoms with Crippen molar-refractivity contribution in [2.45, 2.75) is 19.6 Å². The maximum Gasteiger partial charge on any atom is 0.471 e. The van der Waals surface area contributed by atoms with Gasteiger partial charge in [-0.1, -0.05) is 36.3 Å². The molecule has 0 atom stereocenters. The van der Waals surface area contributed by atoms with Crippen LogP contribution in [0.1, 0.15) is 18.4 Å². The molecular weight excluding hydrogens is 361 g/mol. The standard InChI is InChI=1S/C14H17F3N4O3S/c1-4-21(25(22,23)20(2)3)9-10-5-7-11(8-6-10)12-18-13(24-19-12)14(15,16)17/h5-8H,4,9H2,1-3H3. The SMILES string of the molecule is CCN(Cc1ccc(-c2noc(C(F)(F)F)n2)cc1)S(=O)(=O)N(C)C. The van der Waals surface area contributed by atoms with Gasteiger partial charge in [-0.2, -0.15) is 35.2 Å². The van der Waals surface area contributed by atoms with Gasteiger partial charge in [-0.05, 0) is 5.56 Å². The van der Waals surface area contributed by atoms with Crippen molar-refractivity contribution in [2.24, 2.45) is 0 Å². The lowest BCUT2D eigenvalue weighted by Crippen LogP contribution is -2.39. The normalized spacial score (nSPS) is 13.0. The van der Waals surface area contributed by atoms with Gasteiger partial charge in [-0.25, -0.2) is 0 Å². The largest absolute Gasteiger partial charge is 0.471 e. The van der Waals surface area contributed by atoms with Gasteiger partial charge in [0.25, 0.3) is 10.2 Å². The lowest BCUT2D eigenvalue weighted by Gasteiger charge is -2.24. The molecule has 138 valence electrons. The molecule has 0 unspecified atom stereocenters. The molecule has 2 aromatic rings. The van der Waals surface area contributed by atoms with Crippen LogP contribution >= 0.6 is 0 Å². The van der Waals surface area contributed by atoms with Crippen LogP contribution in [0.4, 0.5) is 13.2 Å². The zero-order chi connectivity index (χ0) is 18.8. The van der Waals surface area contributed by atoms with Crippen LogP contribution in [-0.4, -0.2) is 47.8 Å². The molecule has 1 aromatic heterocycles. The first-order valence-corrected chi connectivity index (χ1v) is 8.63. The molecule has 0 saturated heterocycles. The fraction of sp³-hybridized carbons (Fsp3) is 0.429. The number of halogens is 3. The molecule has 0 radical (unpaired) electrons. The van der Waals surface area contributed by atoms with E-state index in [2.05, 4.69) is 14.7 Å². The second kappa shape index (κ2) is 7.10. The average molecular weight is 378 g/mol. The summed E-state index contributed by atoms with van der Waals surface area (Å²) in [4.78, 5) is 3.31. The lowest BCUT2D eigenvalue weighted by molar-refractivity contribution is -0.159. The maximum absolute atomic E-state index is 12.5. The predicted molar refractivity (Wildman–Crippen MR) is 83.4 cm³/mol. The highest BCUT2D eigenvalue weighted by Crippen LogP contribution is 2.29.